The number of halogens is 1. The maximum atomic E-state index is 14.0. The minimum atomic E-state index is -0.557. The summed E-state index contributed by atoms with van der Waals surface area (Å²) in [6.45, 7) is 2.86. The minimum Gasteiger partial charge on any atom is -0.353 e. The Morgan fingerprint density at radius 1 is 1.19 bits per heavy atom. The van der Waals surface area contributed by atoms with E-state index in [1.165, 1.54) is 17.0 Å². The van der Waals surface area contributed by atoms with E-state index in [-0.39, 0.29) is 24.1 Å². The summed E-state index contributed by atoms with van der Waals surface area (Å²) in [5, 5.41) is 0. The largest absolute Gasteiger partial charge is 0.353 e. The van der Waals surface area contributed by atoms with Crippen molar-refractivity contribution in [2.75, 3.05) is 13.1 Å². The van der Waals surface area contributed by atoms with E-state index in [0.29, 0.717) is 19.5 Å². The van der Waals surface area contributed by atoms with Crippen LogP contribution < -0.4 is 0 Å². The van der Waals surface area contributed by atoms with Crippen LogP contribution in [-0.4, -0.2) is 45.3 Å². The third-order valence-corrected chi connectivity index (χ3v) is 4.90. The molecule has 0 spiro atoms. The first-order chi connectivity index (χ1) is 13.0. The van der Waals surface area contributed by atoms with Crippen LogP contribution in [0.3, 0.4) is 0 Å². The zero-order valence-corrected chi connectivity index (χ0v) is 15.9. The van der Waals surface area contributed by atoms with E-state index in [0.717, 1.165) is 18.5 Å². The second-order valence-electron chi connectivity index (χ2n) is 7.07. The summed E-state index contributed by atoms with van der Waals surface area (Å²) in [5.41, 5.74) is 1.07. The molecule has 2 aromatic rings. The number of amides is 2. The summed E-state index contributed by atoms with van der Waals surface area (Å²) in [5.74, 6) is -1.08. The van der Waals surface area contributed by atoms with Gasteiger partial charge in [-0.3, -0.25) is 9.59 Å². The van der Waals surface area contributed by atoms with Gasteiger partial charge in [-0.1, -0.05) is 19.1 Å². The van der Waals surface area contributed by atoms with Crippen molar-refractivity contribution in [2.45, 2.75) is 38.8 Å². The summed E-state index contributed by atoms with van der Waals surface area (Å²) in [6, 6.07) is 10.1. The van der Waals surface area contributed by atoms with Gasteiger partial charge in [0.15, 0.2) is 0 Å². The topological polar surface area (TPSA) is 45.6 Å². The Balaban J connectivity index is 1.74. The number of benzene rings is 1. The molecule has 5 nitrogen and oxygen atoms in total. The van der Waals surface area contributed by atoms with Crippen LogP contribution in [0, 0.1) is 5.82 Å². The number of hydrogen-bond acceptors (Lipinski definition) is 2. The number of nitrogens with zero attached hydrogens (tertiary/aromatic N) is 3. The van der Waals surface area contributed by atoms with Crippen LogP contribution in [0.5, 0.6) is 0 Å². The number of carbonyl (C=O) groups excluding carboxylic acids is 2. The Morgan fingerprint density at radius 3 is 2.52 bits per heavy atom. The predicted octanol–water partition coefficient (Wildman–Crippen LogP) is 3.21. The molecule has 0 atom stereocenters. The lowest BCUT2D eigenvalue weighted by Gasteiger charge is -2.28. The third-order valence-electron chi connectivity index (χ3n) is 4.90. The minimum absolute atomic E-state index is 0.0131. The molecule has 2 amide bonds. The third kappa shape index (κ3) is 4.56. The van der Waals surface area contributed by atoms with E-state index in [4.69, 9.17) is 0 Å². The van der Waals surface area contributed by atoms with Crippen molar-refractivity contribution < 1.29 is 14.0 Å². The Kier molecular flexibility index (Phi) is 5.94. The Bertz CT molecular complexity index is 813. The molecule has 1 aromatic heterocycles. The van der Waals surface area contributed by atoms with Crippen LogP contribution in [0.4, 0.5) is 4.39 Å². The molecule has 0 N–H and O–H groups in total. The smallest absolute Gasteiger partial charge is 0.257 e. The van der Waals surface area contributed by atoms with Crippen molar-refractivity contribution in [3.63, 3.8) is 0 Å². The molecule has 1 aliphatic carbocycles. The number of hydrogen-bond donors (Lipinski definition) is 0. The fraction of sp³-hybridized carbons (Fsp3) is 0.429. The maximum Gasteiger partial charge on any atom is 0.257 e. The second kappa shape index (κ2) is 8.37. The van der Waals surface area contributed by atoms with E-state index in [9.17, 15) is 14.0 Å². The quantitative estimate of drug-likeness (QED) is 0.715. The first kappa shape index (κ1) is 19.1. The molecule has 1 aromatic carbocycles. The molecule has 0 aliphatic heterocycles. The molecule has 144 valence electrons. The molecule has 27 heavy (non-hydrogen) atoms. The van der Waals surface area contributed by atoms with E-state index < -0.39 is 11.7 Å². The molecule has 3 rings (SSSR count). The molecule has 0 unspecified atom stereocenters. The fourth-order valence-electron chi connectivity index (χ4n) is 3.22. The van der Waals surface area contributed by atoms with Gasteiger partial charge in [0.25, 0.3) is 5.91 Å². The lowest BCUT2D eigenvalue weighted by molar-refractivity contribution is -0.133. The van der Waals surface area contributed by atoms with Gasteiger partial charge in [0.2, 0.25) is 5.91 Å². The summed E-state index contributed by atoms with van der Waals surface area (Å²) in [4.78, 5) is 29.1. The van der Waals surface area contributed by atoms with Gasteiger partial charge < -0.3 is 14.4 Å². The zero-order chi connectivity index (χ0) is 19.4. The zero-order valence-electron chi connectivity index (χ0n) is 15.9. The van der Waals surface area contributed by atoms with Crippen molar-refractivity contribution in [2.24, 2.45) is 7.05 Å². The SMILES string of the molecule is CCCN(CC(=O)N(Cc1cccn1C)C1CC1)C(=O)c1ccccc1F. The molecular weight excluding hydrogens is 345 g/mol. The molecule has 1 fully saturated rings. The second-order valence-corrected chi connectivity index (χ2v) is 7.07. The highest BCUT2D eigenvalue weighted by Gasteiger charge is 2.34. The van der Waals surface area contributed by atoms with Crippen LogP contribution >= 0.6 is 0 Å². The average Bonchev–Trinajstić information content (AvgIpc) is 3.41. The number of carbonyl (C=O) groups is 2. The monoisotopic (exact) mass is 371 g/mol. The van der Waals surface area contributed by atoms with Crippen molar-refractivity contribution in [3.05, 3.63) is 59.7 Å². The molecule has 1 heterocycles. The number of rotatable bonds is 8. The Morgan fingerprint density at radius 2 is 1.93 bits per heavy atom. The fourth-order valence-corrected chi connectivity index (χ4v) is 3.22. The van der Waals surface area contributed by atoms with Gasteiger partial charge in [0.05, 0.1) is 12.1 Å². The average molecular weight is 371 g/mol. The normalized spacial score (nSPS) is 13.4. The molecule has 0 radical (unpaired) electrons. The first-order valence-corrected chi connectivity index (χ1v) is 9.44. The molecule has 0 bridgehead atoms. The van der Waals surface area contributed by atoms with E-state index in [2.05, 4.69) is 0 Å². The van der Waals surface area contributed by atoms with Crippen LogP contribution in [-0.2, 0) is 18.4 Å². The summed E-state index contributed by atoms with van der Waals surface area (Å²) < 4.78 is 16.0. The maximum absolute atomic E-state index is 14.0. The van der Waals surface area contributed by atoms with Crippen LogP contribution in [0.25, 0.3) is 0 Å². The standard InChI is InChI=1S/C21H26FN3O2/c1-3-12-24(21(27)18-8-4-5-9-19(18)22)15-20(26)25(16-10-11-16)14-17-7-6-13-23(17)2/h4-9,13,16H,3,10-12,14-15H2,1-2H3. The van der Waals surface area contributed by atoms with Gasteiger partial charge in [-0.2, -0.15) is 0 Å². The molecular formula is C21H26FN3O2. The van der Waals surface area contributed by atoms with Gasteiger partial charge in [0, 0.05) is 31.5 Å². The Hall–Kier alpha value is -2.63. The Labute approximate surface area is 159 Å². The highest BCUT2D eigenvalue weighted by molar-refractivity contribution is 5.96. The summed E-state index contributed by atoms with van der Waals surface area (Å²) in [7, 11) is 1.95. The van der Waals surface area contributed by atoms with Crippen LogP contribution in [0.15, 0.2) is 42.6 Å². The van der Waals surface area contributed by atoms with Crippen molar-refractivity contribution in [1.29, 1.82) is 0 Å². The molecule has 1 saturated carbocycles. The molecule has 6 heteroatoms. The van der Waals surface area contributed by atoms with E-state index >= 15 is 0 Å². The van der Waals surface area contributed by atoms with Gasteiger partial charge >= 0.3 is 0 Å². The lowest BCUT2D eigenvalue weighted by atomic mass is 10.1. The van der Waals surface area contributed by atoms with E-state index in [1.807, 2.05) is 41.8 Å². The molecule has 1 aliphatic rings. The van der Waals surface area contributed by atoms with Gasteiger partial charge in [-0.25, -0.2) is 4.39 Å². The van der Waals surface area contributed by atoms with Crippen molar-refractivity contribution in [3.8, 4) is 0 Å². The molecule has 0 saturated heterocycles. The van der Waals surface area contributed by atoms with Gasteiger partial charge in [-0.05, 0) is 43.5 Å². The summed E-state index contributed by atoms with van der Waals surface area (Å²) in [6.07, 6.45) is 4.64. The van der Waals surface area contributed by atoms with Crippen LogP contribution in [0.1, 0.15) is 42.2 Å². The van der Waals surface area contributed by atoms with Gasteiger partial charge in [0.1, 0.15) is 12.4 Å². The van der Waals surface area contributed by atoms with Crippen LogP contribution in [0.2, 0.25) is 0 Å². The van der Waals surface area contributed by atoms with Crippen molar-refractivity contribution in [1.82, 2.24) is 14.4 Å². The number of aryl methyl sites for hydroxylation is 1. The first-order valence-electron chi connectivity index (χ1n) is 9.44. The highest BCUT2D eigenvalue weighted by atomic mass is 19.1. The van der Waals surface area contributed by atoms with Gasteiger partial charge in [-0.15, -0.1) is 0 Å². The number of aromatic nitrogens is 1. The predicted molar refractivity (Wildman–Crippen MR) is 102 cm³/mol. The highest BCUT2D eigenvalue weighted by Crippen LogP contribution is 2.28. The lowest BCUT2D eigenvalue weighted by Crippen LogP contribution is -2.44. The van der Waals surface area contributed by atoms with Crippen molar-refractivity contribution >= 4 is 11.8 Å². The van der Waals surface area contributed by atoms with E-state index in [1.54, 1.807) is 12.1 Å². The summed E-state index contributed by atoms with van der Waals surface area (Å²) >= 11 is 0.